The first-order valence-corrected chi connectivity index (χ1v) is 5.52. The highest BCUT2D eigenvalue weighted by Crippen LogP contribution is 2.22. The number of anilines is 2. The molecule has 0 spiro atoms. The molecule has 0 aliphatic heterocycles. The zero-order valence-electron chi connectivity index (χ0n) is 10.1. The highest BCUT2D eigenvalue weighted by Gasteiger charge is 2.14. The molecule has 0 aromatic heterocycles. The van der Waals surface area contributed by atoms with Gasteiger partial charge in [0.05, 0.1) is 24.0 Å². The summed E-state index contributed by atoms with van der Waals surface area (Å²) in [5.74, 6) is -0.255. The van der Waals surface area contributed by atoms with E-state index in [0.717, 1.165) is 0 Å². The number of carbonyl (C=O) groups excluding carboxylic acids is 1. The first kappa shape index (κ1) is 13.3. The number of nitrogens with one attached hydrogen (secondary N) is 1. The number of nitrogen functional groups attached to an aromatic ring is 1. The SMILES string of the molecule is CC(C)C(CO)Nc1cc(C(N)=O)ccc1N. The average molecular weight is 237 g/mol. The van der Waals surface area contributed by atoms with Crippen LogP contribution in [0, 0.1) is 5.92 Å². The van der Waals surface area contributed by atoms with E-state index in [4.69, 9.17) is 11.5 Å². The van der Waals surface area contributed by atoms with Crippen molar-refractivity contribution in [2.75, 3.05) is 17.7 Å². The van der Waals surface area contributed by atoms with Crippen molar-refractivity contribution >= 4 is 17.3 Å². The van der Waals surface area contributed by atoms with Gasteiger partial charge in [0.2, 0.25) is 5.91 Å². The minimum atomic E-state index is -0.502. The number of nitrogens with two attached hydrogens (primary N) is 2. The van der Waals surface area contributed by atoms with Gasteiger partial charge in [0.15, 0.2) is 0 Å². The lowest BCUT2D eigenvalue weighted by molar-refractivity contribution is 0.100. The van der Waals surface area contributed by atoms with Crippen LogP contribution in [0.15, 0.2) is 18.2 Å². The van der Waals surface area contributed by atoms with Gasteiger partial charge in [-0.05, 0) is 24.1 Å². The van der Waals surface area contributed by atoms with Crippen LogP contribution in [0.1, 0.15) is 24.2 Å². The van der Waals surface area contributed by atoms with Crippen LogP contribution in [0.2, 0.25) is 0 Å². The van der Waals surface area contributed by atoms with E-state index in [1.807, 2.05) is 13.8 Å². The Hall–Kier alpha value is -1.75. The summed E-state index contributed by atoms with van der Waals surface area (Å²) >= 11 is 0. The van der Waals surface area contributed by atoms with Crippen molar-refractivity contribution in [3.8, 4) is 0 Å². The molecule has 0 fully saturated rings. The van der Waals surface area contributed by atoms with Crippen LogP contribution < -0.4 is 16.8 Å². The molecule has 5 heteroatoms. The maximum absolute atomic E-state index is 11.1. The molecule has 1 amide bonds. The topological polar surface area (TPSA) is 101 Å². The molecule has 5 nitrogen and oxygen atoms in total. The Kier molecular flexibility index (Phi) is 4.34. The first-order chi connectivity index (χ1) is 7.95. The van der Waals surface area contributed by atoms with E-state index < -0.39 is 5.91 Å². The number of rotatable bonds is 5. The smallest absolute Gasteiger partial charge is 0.248 e. The van der Waals surface area contributed by atoms with Crippen LogP contribution in [0.25, 0.3) is 0 Å². The number of hydrogen-bond acceptors (Lipinski definition) is 4. The van der Waals surface area contributed by atoms with Crippen molar-refractivity contribution < 1.29 is 9.90 Å². The van der Waals surface area contributed by atoms with Gasteiger partial charge in [-0.25, -0.2) is 0 Å². The van der Waals surface area contributed by atoms with Gasteiger partial charge in [0.1, 0.15) is 0 Å². The number of aliphatic hydroxyl groups excluding tert-OH is 1. The number of primary amides is 1. The van der Waals surface area contributed by atoms with Crippen molar-refractivity contribution in [2.45, 2.75) is 19.9 Å². The van der Waals surface area contributed by atoms with Gasteiger partial charge in [0, 0.05) is 5.56 Å². The molecular formula is C12H19N3O2. The largest absolute Gasteiger partial charge is 0.397 e. The lowest BCUT2D eigenvalue weighted by Crippen LogP contribution is -2.30. The number of aliphatic hydroxyl groups is 1. The molecule has 17 heavy (non-hydrogen) atoms. The molecule has 1 atom stereocenters. The third-order valence-electron chi connectivity index (χ3n) is 2.68. The summed E-state index contributed by atoms with van der Waals surface area (Å²) in [6, 6.07) is 4.69. The summed E-state index contributed by atoms with van der Waals surface area (Å²) in [6.07, 6.45) is 0. The molecule has 0 heterocycles. The van der Waals surface area contributed by atoms with Crippen molar-refractivity contribution in [1.82, 2.24) is 0 Å². The highest BCUT2D eigenvalue weighted by atomic mass is 16.3. The average Bonchev–Trinajstić information content (AvgIpc) is 2.27. The van der Waals surface area contributed by atoms with E-state index in [1.54, 1.807) is 18.2 Å². The molecule has 1 unspecified atom stereocenters. The fourth-order valence-electron chi connectivity index (χ4n) is 1.46. The molecule has 1 aromatic carbocycles. The summed E-state index contributed by atoms with van der Waals surface area (Å²) in [6.45, 7) is 3.97. The second kappa shape index (κ2) is 5.54. The molecule has 0 radical (unpaired) electrons. The van der Waals surface area contributed by atoms with E-state index in [9.17, 15) is 9.90 Å². The zero-order valence-corrected chi connectivity index (χ0v) is 10.1. The molecule has 0 bridgehead atoms. The monoisotopic (exact) mass is 237 g/mol. The molecule has 0 saturated carbocycles. The number of benzene rings is 1. The molecule has 94 valence electrons. The second-order valence-corrected chi connectivity index (χ2v) is 4.34. The molecule has 1 rings (SSSR count). The molecule has 0 saturated heterocycles. The lowest BCUT2D eigenvalue weighted by Gasteiger charge is -2.22. The summed E-state index contributed by atoms with van der Waals surface area (Å²) in [5.41, 5.74) is 12.5. The van der Waals surface area contributed by atoms with E-state index >= 15 is 0 Å². The van der Waals surface area contributed by atoms with Gasteiger partial charge in [-0.2, -0.15) is 0 Å². The highest BCUT2D eigenvalue weighted by molar-refractivity contribution is 5.94. The Morgan fingerprint density at radius 3 is 2.59 bits per heavy atom. The van der Waals surface area contributed by atoms with Gasteiger partial charge in [-0.15, -0.1) is 0 Å². The Labute approximate surface area is 101 Å². The third kappa shape index (κ3) is 3.35. The van der Waals surface area contributed by atoms with Crippen LogP contribution in [0.3, 0.4) is 0 Å². The van der Waals surface area contributed by atoms with E-state index in [0.29, 0.717) is 16.9 Å². The summed E-state index contributed by atoms with van der Waals surface area (Å²) in [4.78, 5) is 11.1. The van der Waals surface area contributed by atoms with Gasteiger partial charge < -0.3 is 21.9 Å². The first-order valence-electron chi connectivity index (χ1n) is 5.52. The number of hydrogen-bond donors (Lipinski definition) is 4. The van der Waals surface area contributed by atoms with Crippen LogP contribution in [-0.4, -0.2) is 23.7 Å². The maximum atomic E-state index is 11.1. The zero-order chi connectivity index (χ0) is 13.0. The molecule has 1 aromatic rings. The predicted octanol–water partition coefficient (Wildman–Crippen LogP) is 0.796. The maximum Gasteiger partial charge on any atom is 0.248 e. The van der Waals surface area contributed by atoms with Gasteiger partial charge >= 0.3 is 0 Å². The standard InChI is InChI=1S/C12H19N3O2/c1-7(2)11(6-16)15-10-5-8(12(14)17)3-4-9(10)13/h3-5,7,11,15-16H,6,13H2,1-2H3,(H2,14,17). The third-order valence-corrected chi connectivity index (χ3v) is 2.68. The Morgan fingerprint density at radius 2 is 2.12 bits per heavy atom. The van der Waals surface area contributed by atoms with Crippen LogP contribution >= 0.6 is 0 Å². The quantitative estimate of drug-likeness (QED) is 0.569. The lowest BCUT2D eigenvalue weighted by atomic mass is 10.0. The summed E-state index contributed by atoms with van der Waals surface area (Å²) in [5, 5.41) is 12.3. The predicted molar refractivity (Wildman–Crippen MR) is 68.7 cm³/mol. The minimum absolute atomic E-state index is 0.00208. The summed E-state index contributed by atoms with van der Waals surface area (Å²) in [7, 11) is 0. The van der Waals surface area contributed by atoms with Crippen molar-refractivity contribution in [3.05, 3.63) is 23.8 Å². The van der Waals surface area contributed by atoms with Crippen LogP contribution in [0.4, 0.5) is 11.4 Å². The molecule has 0 aliphatic rings. The van der Waals surface area contributed by atoms with Gasteiger partial charge in [-0.1, -0.05) is 13.8 Å². The van der Waals surface area contributed by atoms with E-state index in [-0.39, 0.29) is 18.6 Å². The molecule has 6 N–H and O–H groups in total. The second-order valence-electron chi connectivity index (χ2n) is 4.34. The van der Waals surface area contributed by atoms with Gasteiger partial charge in [-0.3, -0.25) is 4.79 Å². The van der Waals surface area contributed by atoms with Crippen molar-refractivity contribution in [1.29, 1.82) is 0 Å². The number of carbonyl (C=O) groups is 1. The fraction of sp³-hybridized carbons (Fsp3) is 0.417. The Bertz CT molecular complexity index is 405. The van der Waals surface area contributed by atoms with Crippen LogP contribution in [-0.2, 0) is 0 Å². The van der Waals surface area contributed by atoms with Crippen molar-refractivity contribution in [3.63, 3.8) is 0 Å². The van der Waals surface area contributed by atoms with Gasteiger partial charge in [0.25, 0.3) is 0 Å². The van der Waals surface area contributed by atoms with E-state index in [1.165, 1.54) is 0 Å². The summed E-state index contributed by atoms with van der Waals surface area (Å²) < 4.78 is 0. The Morgan fingerprint density at radius 1 is 1.47 bits per heavy atom. The van der Waals surface area contributed by atoms with Crippen LogP contribution in [0.5, 0.6) is 0 Å². The number of amides is 1. The minimum Gasteiger partial charge on any atom is -0.397 e. The Balaban J connectivity index is 2.96. The van der Waals surface area contributed by atoms with Crippen molar-refractivity contribution in [2.24, 2.45) is 11.7 Å². The normalized spacial score (nSPS) is 12.5. The van der Waals surface area contributed by atoms with E-state index in [2.05, 4.69) is 5.32 Å². The fourth-order valence-corrected chi connectivity index (χ4v) is 1.46. The molecule has 0 aliphatic carbocycles. The molecular weight excluding hydrogens is 218 g/mol.